The van der Waals surface area contributed by atoms with Crippen LogP contribution in [0.2, 0.25) is 0 Å². The van der Waals surface area contributed by atoms with Crippen LogP contribution in [0.4, 0.5) is 5.82 Å². The van der Waals surface area contributed by atoms with Gasteiger partial charge in [-0.2, -0.15) is 5.10 Å². The summed E-state index contributed by atoms with van der Waals surface area (Å²) in [6.45, 7) is 3.74. The van der Waals surface area contributed by atoms with Crippen molar-refractivity contribution in [3.05, 3.63) is 47.3 Å². The van der Waals surface area contributed by atoms with Crippen LogP contribution in [0.3, 0.4) is 0 Å². The number of anilines is 1. The third kappa shape index (κ3) is 6.30. The molecule has 10 nitrogen and oxygen atoms in total. The molecule has 3 atom stereocenters. The molecule has 4 rings (SSSR count). The number of pyridine rings is 2. The highest BCUT2D eigenvalue weighted by Crippen LogP contribution is 2.32. The van der Waals surface area contributed by atoms with E-state index in [0.717, 1.165) is 42.2 Å². The van der Waals surface area contributed by atoms with Gasteiger partial charge in [0.1, 0.15) is 5.82 Å². The maximum atomic E-state index is 11.6. The molecule has 0 saturated carbocycles. The van der Waals surface area contributed by atoms with E-state index >= 15 is 0 Å². The Morgan fingerprint density at radius 3 is 2.89 bits per heavy atom. The predicted octanol–water partition coefficient (Wildman–Crippen LogP) is 2.68. The van der Waals surface area contributed by atoms with Gasteiger partial charge in [-0.1, -0.05) is 19.1 Å². The van der Waals surface area contributed by atoms with Crippen molar-refractivity contribution in [1.29, 1.82) is 0 Å². The van der Waals surface area contributed by atoms with Gasteiger partial charge in [0, 0.05) is 48.5 Å². The number of aliphatic hydroxyl groups is 1. The first kappa shape index (κ1) is 25.8. The molecule has 4 heterocycles. The summed E-state index contributed by atoms with van der Waals surface area (Å²) in [5.41, 5.74) is 3.90. The van der Waals surface area contributed by atoms with Crippen LogP contribution in [0.5, 0.6) is 5.88 Å². The average Bonchev–Trinajstić information content (AvgIpc) is 3.17. The van der Waals surface area contributed by atoms with Crippen LogP contribution < -0.4 is 10.1 Å². The van der Waals surface area contributed by atoms with Crippen LogP contribution >= 0.6 is 0 Å². The number of aliphatic hydroxyl groups excluding tert-OH is 1. The molecule has 0 aromatic carbocycles. The molecule has 0 spiro atoms. The molecule has 2 aliphatic rings. The van der Waals surface area contributed by atoms with Crippen molar-refractivity contribution in [2.24, 2.45) is 11.0 Å². The minimum Gasteiger partial charge on any atom is -0.481 e. The van der Waals surface area contributed by atoms with Crippen molar-refractivity contribution >= 4 is 17.5 Å². The predicted molar refractivity (Wildman–Crippen MR) is 135 cm³/mol. The second kappa shape index (κ2) is 12.1. The number of methoxy groups -OCH3 is 1. The zero-order valence-electron chi connectivity index (χ0n) is 20.9. The van der Waals surface area contributed by atoms with Crippen LogP contribution in [0, 0.1) is 5.92 Å². The largest absolute Gasteiger partial charge is 0.481 e. The molecule has 3 unspecified atom stereocenters. The molecule has 194 valence electrons. The van der Waals surface area contributed by atoms with Gasteiger partial charge in [-0.3, -0.25) is 9.80 Å². The van der Waals surface area contributed by atoms with E-state index in [2.05, 4.69) is 22.4 Å². The third-order valence-corrected chi connectivity index (χ3v) is 6.75. The first-order valence-corrected chi connectivity index (χ1v) is 12.5. The normalized spacial score (nSPS) is 19.9. The number of fused-ring (bicyclic) bond motifs is 1. The van der Waals surface area contributed by atoms with E-state index < -0.39 is 5.97 Å². The van der Waals surface area contributed by atoms with Gasteiger partial charge < -0.3 is 25.0 Å². The molecular weight excluding hydrogens is 462 g/mol. The quantitative estimate of drug-likeness (QED) is 0.405. The number of hydrazone groups is 1. The standard InChI is InChI=1S/C26H35N5O5/c1-17-22(14-20(15-24(33)34)19-6-8-23(35-2)28-16-19)30-31(11-12-32)26(17)36-13-9-21-7-5-18-4-3-10-27-25(18)29-21/h5-8,16-17,20,26,32H,3-4,9-15H2,1-2H3,(H,27,29)(H,33,34). The highest BCUT2D eigenvalue weighted by molar-refractivity contribution is 5.89. The lowest BCUT2D eigenvalue weighted by molar-refractivity contribution is -0.137. The summed E-state index contributed by atoms with van der Waals surface area (Å²) in [5.74, 6) is 0.222. The second-order valence-electron chi connectivity index (χ2n) is 9.25. The molecule has 0 amide bonds. The van der Waals surface area contributed by atoms with E-state index in [1.165, 1.54) is 5.56 Å². The SMILES string of the molecule is COc1ccc(C(CC(=O)O)CC2=NN(CCO)C(OCCc3ccc4c(n3)NCCC4)C2C)cn1. The van der Waals surface area contributed by atoms with Gasteiger partial charge in [0.15, 0.2) is 6.23 Å². The van der Waals surface area contributed by atoms with E-state index in [4.69, 9.17) is 19.6 Å². The molecule has 0 fully saturated rings. The van der Waals surface area contributed by atoms with E-state index in [1.54, 1.807) is 24.4 Å². The summed E-state index contributed by atoms with van der Waals surface area (Å²) in [7, 11) is 1.54. The lowest BCUT2D eigenvalue weighted by atomic mass is 9.88. The van der Waals surface area contributed by atoms with Crippen LogP contribution in [0.1, 0.15) is 48.9 Å². The zero-order valence-corrected chi connectivity index (χ0v) is 20.9. The lowest BCUT2D eigenvalue weighted by Gasteiger charge is -2.26. The molecular formula is C26H35N5O5. The number of β-amino-alcohol motifs (C(OH)–C–C–N with tert-alkyl or cyclic N) is 1. The molecule has 10 heteroatoms. The average molecular weight is 498 g/mol. The maximum absolute atomic E-state index is 11.6. The fraction of sp³-hybridized carbons (Fsp3) is 0.538. The van der Waals surface area contributed by atoms with Crippen molar-refractivity contribution in [3.8, 4) is 5.88 Å². The fourth-order valence-corrected chi connectivity index (χ4v) is 4.79. The summed E-state index contributed by atoms with van der Waals surface area (Å²) in [6.07, 6.45) is 4.60. The molecule has 0 bridgehead atoms. The minimum atomic E-state index is -0.880. The fourth-order valence-electron chi connectivity index (χ4n) is 4.79. The number of carboxylic acid groups (broad SMARTS) is 1. The summed E-state index contributed by atoms with van der Waals surface area (Å²) in [4.78, 5) is 20.6. The van der Waals surface area contributed by atoms with Crippen LogP contribution in [-0.2, 0) is 22.4 Å². The monoisotopic (exact) mass is 497 g/mol. The Hall–Kier alpha value is -3.24. The van der Waals surface area contributed by atoms with E-state index in [1.807, 2.05) is 13.0 Å². The molecule has 0 aliphatic carbocycles. The topological polar surface area (TPSA) is 129 Å². The van der Waals surface area contributed by atoms with Crippen LogP contribution in [0.15, 0.2) is 35.6 Å². The van der Waals surface area contributed by atoms with Gasteiger partial charge in [0.05, 0.1) is 33.3 Å². The van der Waals surface area contributed by atoms with Crippen LogP contribution in [-0.4, -0.2) is 76.5 Å². The number of ether oxygens (including phenoxy) is 2. The minimum absolute atomic E-state index is 0.0384. The van der Waals surface area contributed by atoms with Gasteiger partial charge in [-0.25, -0.2) is 9.97 Å². The summed E-state index contributed by atoms with van der Waals surface area (Å²) in [5, 5.41) is 29.0. The first-order chi connectivity index (χ1) is 17.5. The molecule has 36 heavy (non-hydrogen) atoms. The van der Waals surface area contributed by atoms with Gasteiger partial charge in [0.25, 0.3) is 0 Å². The molecule has 3 N–H and O–H groups in total. The summed E-state index contributed by atoms with van der Waals surface area (Å²) in [6, 6.07) is 7.77. The Morgan fingerprint density at radius 1 is 1.31 bits per heavy atom. The molecule has 0 saturated heterocycles. The van der Waals surface area contributed by atoms with Crippen molar-refractivity contribution in [2.45, 2.75) is 51.2 Å². The number of aromatic nitrogens is 2. The van der Waals surface area contributed by atoms with Gasteiger partial charge >= 0.3 is 5.97 Å². The number of hydrogen-bond donors (Lipinski definition) is 3. The Balaban J connectivity index is 1.41. The van der Waals surface area contributed by atoms with Crippen molar-refractivity contribution < 1.29 is 24.5 Å². The number of nitrogens with zero attached hydrogens (tertiary/aromatic N) is 4. The van der Waals surface area contributed by atoms with E-state index in [0.29, 0.717) is 31.9 Å². The molecule has 0 radical (unpaired) electrons. The lowest BCUT2D eigenvalue weighted by Crippen LogP contribution is -2.37. The highest BCUT2D eigenvalue weighted by atomic mass is 16.5. The first-order valence-electron chi connectivity index (χ1n) is 12.5. The van der Waals surface area contributed by atoms with Gasteiger partial charge in [-0.05, 0) is 36.5 Å². The third-order valence-electron chi connectivity index (χ3n) is 6.75. The number of hydrogen-bond acceptors (Lipinski definition) is 9. The van der Waals surface area contributed by atoms with Crippen molar-refractivity contribution in [1.82, 2.24) is 15.0 Å². The Bertz CT molecular complexity index is 1060. The number of rotatable bonds is 12. The Morgan fingerprint density at radius 2 is 2.17 bits per heavy atom. The number of carbonyl (C=O) groups is 1. The summed E-state index contributed by atoms with van der Waals surface area (Å²) >= 11 is 0. The second-order valence-corrected chi connectivity index (χ2v) is 9.25. The number of aryl methyl sites for hydroxylation is 1. The van der Waals surface area contributed by atoms with Crippen molar-refractivity contribution in [3.63, 3.8) is 0 Å². The van der Waals surface area contributed by atoms with E-state index in [9.17, 15) is 15.0 Å². The van der Waals surface area contributed by atoms with E-state index in [-0.39, 0.29) is 31.1 Å². The zero-order chi connectivity index (χ0) is 25.5. The van der Waals surface area contributed by atoms with Crippen molar-refractivity contribution in [2.75, 3.05) is 38.7 Å². The molecule has 2 aliphatic heterocycles. The molecule has 2 aromatic rings. The summed E-state index contributed by atoms with van der Waals surface area (Å²) < 4.78 is 11.4. The van der Waals surface area contributed by atoms with Gasteiger partial charge in [0.2, 0.25) is 5.88 Å². The van der Waals surface area contributed by atoms with Crippen LogP contribution in [0.25, 0.3) is 0 Å². The smallest absolute Gasteiger partial charge is 0.303 e. The Kier molecular flexibility index (Phi) is 8.71. The Labute approximate surface area is 211 Å². The number of nitrogens with one attached hydrogen (secondary N) is 1. The number of aliphatic carboxylic acids is 1. The maximum Gasteiger partial charge on any atom is 0.303 e. The number of carboxylic acids is 1. The molecule has 2 aromatic heterocycles. The van der Waals surface area contributed by atoms with Gasteiger partial charge in [-0.15, -0.1) is 0 Å². The highest BCUT2D eigenvalue weighted by Gasteiger charge is 2.36.